The Morgan fingerprint density at radius 1 is 0.633 bits per heavy atom. The lowest BCUT2D eigenvalue weighted by Gasteiger charge is -2.12. The molecule has 6 nitrogen and oxygen atoms in total. The van der Waals surface area contributed by atoms with E-state index in [0.717, 1.165) is 0 Å². The summed E-state index contributed by atoms with van der Waals surface area (Å²) in [6.45, 7) is 0. The number of carbonyl (C=O) groups is 2. The van der Waals surface area contributed by atoms with Gasteiger partial charge in [0.2, 0.25) is 0 Å². The van der Waals surface area contributed by atoms with Crippen LogP contribution in [0.15, 0.2) is 85.1 Å². The number of aromatic nitrogens is 2. The minimum absolute atomic E-state index is 0.112. The first-order valence-corrected chi connectivity index (χ1v) is 9.13. The Kier molecular flexibility index (Phi) is 5.05. The lowest BCUT2D eigenvalue weighted by atomic mass is 9.96. The van der Waals surface area contributed by atoms with Gasteiger partial charge in [0.25, 0.3) is 0 Å². The summed E-state index contributed by atoms with van der Waals surface area (Å²) in [5.41, 5.74) is 3.36. The van der Waals surface area contributed by atoms with Crippen molar-refractivity contribution in [3.63, 3.8) is 0 Å². The van der Waals surface area contributed by atoms with Crippen LogP contribution in [0.2, 0.25) is 0 Å². The number of carboxylic acid groups (broad SMARTS) is 2. The standard InChI is InChI=1S/C24H16N2O4/c27-23(28)18-9-3-1-7-16(18)15-13-21(17-8-2-4-10-19(17)24(29)30)26-22(14-15)20-11-5-6-12-25-20/h1-14H,(H,27,28)(H,29,30). The van der Waals surface area contributed by atoms with Crippen LogP contribution in [0.4, 0.5) is 0 Å². The van der Waals surface area contributed by atoms with E-state index in [1.165, 1.54) is 12.1 Å². The van der Waals surface area contributed by atoms with Gasteiger partial charge in [0.05, 0.1) is 28.2 Å². The molecule has 0 radical (unpaired) electrons. The molecule has 0 unspecified atom stereocenters. The fourth-order valence-corrected chi connectivity index (χ4v) is 3.28. The van der Waals surface area contributed by atoms with Gasteiger partial charge in [-0.15, -0.1) is 0 Å². The average Bonchev–Trinajstić information content (AvgIpc) is 2.79. The number of carboxylic acids is 2. The van der Waals surface area contributed by atoms with Gasteiger partial charge in [-0.3, -0.25) is 4.98 Å². The fraction of sp³-hybridized carbons (Fsp3) is 0. The van der Waals surface area contributed by atoms with E-state index in [2.05, 4.69) is 9.97 Å². The van der Waals surface area contributed by atoms with Crippen molar-refractivity contribution in [3.8, 4) is 33.8 Å². The number of pyridine rings is 2. The Morgan fingerprint density at radius 3 is 1.83 bits per heavy atom. The second-order valence-corrected chi connectivity index (χ2v) is 6.54. The molecule has 0 amide bonds. The van der Waals surface area contributed by atoms with E-state index < -0.39 is 11.9 Å². The first-order valence-electron chi connectivity index (χ1n) is 9.13. The van der Waals surface area contributed by atoms with Gasteiger partial charge in [-0.1, -0.05) is 42.5 Å². The number of benzene rings is 2. The molecule has 0 saturated heterocycles. The van der Waals surface area contributed by atoms with Crippen LogP contribution in [0.3, 0.4) is 0 Å². The van der Waals surface area contributed by atoms with Crippen LogP contribution >= 0.6 is 0 Å². The van der Waals surface area contributed by atoms with Gasteiger partial charge in [0.1, 0.15) is 0 Å². The molecule has 0 fully saturated rings. The largest absolute Gasteiger partial charge is 0.478 e. The Labute approximate surface area is 172 Å². The summed E-state index contributed by atoms with van der Waals surface area (Å²) in [7, 11) is 0. The maximum absolute atomic E-state index is 11.7. The number of hydrogen-bond donors (Lipinski definition) is 2. The average molecular weight is 396 g/mol. The maximum atomic E-state index is 11.7. The van der Waals surface area contributed by atoms with Crippen LogP contribution in [-0.2, 0) is 0 Å². The van der Waals surface area contributed by atoms with Crippen molar-refractivity contribution >= 4 is 11.9 Å². The molecule has 0 aliphatic heterocycles. The summed E-state index contributed by atoms with van der Waals surface area (Å²) in [6, 6.07) is 22.1. The first kappa shape index (κ1) is 19.0. The number of rotatable bonds is 5. The Hall–Kier alpha value is -4.32. The van der Waals surface area contributed by atoms with Gasteiger partial charge >= 0.3 is 11.9 Å². The zero-order valence-corrected chi connectivity index (χ0v) is 15.7. The molecule has 0 spiro atoms. The molecule has 146 valence electrons. The first-order chi connectivity index (χ1) is 14.5. The Bertz CT molecular complexity index is 1180. The lowest BCUT2D eigenvalue weighted by Crippen LogP contribution is -2.02. The molecule has 0 saturated carbocycles. The smallest absolute Gasteiger partial charge is 0.336 e. The minimum Gasteiger partial charge on any atom is -0.478 e. The normalized spacial score (nSPS) is 10.5. The van der Waals surface area contributed by atoms with E-state index in [9.17, 15) is 19.8 Å². The van der Waals surface area contributed by atoms with Crippen molar-refractivity contribution in [2.75, 3.05) is 0 Å². The second-order valence-electron chi connectivity index (χ2n) is 6.54. The molecule has 2 aromatic heterocycles. The van der Waals surface area contributed by atoms with Gasteiger partial charge in [0.15, 0.2) is 0 Å². The van der Waals surface area contributed by atoms with Gasteiger partial charge in [-0.2, -0.15) is 0 Å². The van der Waals surface area contributed by atoms with Crippen molar-refractivity contribution in [1.29, 1.82) is 0 Å². The molecule has 0 bridgehead atoms. The molecule has 2 N–H and O–H groups in total. The molecule has 30 heavy (non-hydrogen) atoms. The Morgan fingerprint density at radius 2 is 1.20 bits per heavy atom. The van der Waals surface area contributed by atoms with E-state index >= 15 is 0 Å². The van der Waals surface area contributed by atoms with E-state index in [4.69, 9.17) is 0 Å². The van der Waals surface area contributed by atoms with Crippen LogP contribution in [0.25, 0.3) is 33.8 Å². The molecule has 6 heteroatoms. The summed E-state index contributed by atoms with van der Waals surface area (Å²) in [5, 5.41) is 19.2. The van der Waals surface area contributed by atoms with Crippen molar-refractivity contribution in [1.82, 2.24) is 9.97 Å². The predicted molar refractivity (Wildman–Crippen MR) is 112 cm³/mol. The summed E-state index contributed by atoms with van der Waals surface area (Å²) < 4.78 is 0. The summed E-state index contributed by atoms with van der Waals surface area (Å²) in [4.78, 5) is 32.5. The highest BCUT2D eigenvalue weighted by Gasteiger charge is 2.17. The molecule has 0 aliphatic carbocycles. The SMILES string of the molecule is O=C(O)c1ccccc1-c1cc(-c2ccccn2)nc(-c2ccccc2C(=O)O)c1. The fourth-order valence-electron chi connectivity index (χ4n) is 3.28. The van der Waals surface area contributed by atoms with Crippen molar-refractivity contribution in [2.45, 2.75) is 0 Å². The number of aromatic carboxylic acids is 2. The van der Waals surface area contributed by atoms with E-state index in [-0.39, 0.29) is 11.1 Å². The highest BCUT2D eigenvalue weighted by molar-refractivity contribution is 5.98. The molecule has 4 rings (SSSR count). The van der Waals surface area contributed by atoms with Crippen molar-refractivity contribution < 1.29 is 19.8 Å². The summed E-state index contributed by atoms with van der Waals surface area (Å²) in [5.74, 6) is -2.11. The zero-order chi connectivity index (χ0) is 21.1. The van der Waals surface area contributed by atoms with Crippen molar-refractivity contribution in [2.24, 2.45) is 0 Å². The summed E-state index contributed by atoms with van der Waals surface area (Å²) >= 11 is 0. The minimum atomic E-state index is -1.07. The molecular formula is C24H16N2O4. The van der Waals surface area contributed by atoms with Crippen LogP contribution in [0, 0.1) is 0 Å². The number of nitrogens with zero attached hydrogens (tertiary/aromatic N) is 2. The third-order valence-corrected chi connectivity index (χ3v) is 4.65. The van der Waals surface area contributed by atoms with Crippen LogP contribution in [-0.4, -0.2) is 32.1 Å². The molecule has 0 atom stereocenters. The molecule has 2 aromatic carbocycles. The third kappa shape index (κ3) is 3.66. The van der Waals surface area contributed by atoms with Crippen LogP contribution < -0.4 is 0 Å². The monoisotopic (exact) mass is 396 g/mol. The maximum Gasteiger partial charge on any atom is 0.336 e. The van der Waals surface area contributed by atoms with Gasteiger partial charge in [0, 0.05) is 11.8 Å². The van der Waals surface area contributed by atoms with Gasteiger partial charge in [-0.25, -0.2) is 14.6 Å². The topological polar surface area (TPSA) is 100 Å². The molecular weight excluding hydrogens is 380 g/mol. The van der Waals surface area contributed by atoms with Crippen LogP contribution in [0.5, 0.6) is 0 Å². The lowest BCUT2D eigenvalue weighted by molar-refractivity contribution is 0.0687. The van der Waals surface area contributed by atoms with E-state index in [1.54, 1.807) is 66.9 Å². The van der Waals surface area contributed by atoms with Gasteiger partial charge < -0.3 is 10.2 Å². The van der Waals surface area contributed by atoms with Crippen molar-refractivity contribution in [3.05, 3.63) is 96.2 Å². The van der Waals surface area contributed by atoms with E-state index in [1.807, 2.05) is 6.07 Å². The molecule has 2 heterocycles. The van der Waals surface area contributed by atoms with E-state index in [0.29, 0.717) is 33.8 Å². The molecule has 0 aliphatic rings. The number of hydrogen-bond acceptors (Lipinski definition) is 4. The third-order valence-electron chi connectivity index (χ3n) is 4.65. The van der Waals surface area contributed by atoms with Crippen LogP contribution in [0.1, 0.15) is 20.7 Å². The Balaban J connectivity index is 2.01. The second kappa shape index (κ2) is 7.97. The highest BCUT2D eigenvalue weighted by Crippen LogP contribution is 2.32. The summed E-state index contributed by atoms with van der Waals surface area (Å²) in [6.07, 6.45) is 1.64. The predicted octanol–water partition coefficient (Wildman–Crippen LogP) is 4.87. The highest BCUT2D eigenvalue weighted by atomic mass is 16.4. The quantitative estimate of drug-likeness (QED) is 0.499. The van der Waals surface area contributed by atoms with Gasteiger partial charge in [-0.05, 0) is 47.5 Å². The molecule has 4 aromatic rings. The zero-order valence-electron chi connectivity index (χ0n) is 15.7.